The fraction of sp³-hybridized carbons (Fsp3) is 0.250. The summed E-state index contributed by atoms with van der Waals surface area (Å²) in [6.45, 7) is 1.52. The molecule has 2 aromatic carbocycles. The second-order valence-corrected chi connectivity index (χ2v) is 4.88. The molecule has 0 aromatic heterocycles. The van der Waals surface area contributed by atoms with Gasteiger partial charge in [-0.15, -0.1) is 0 Å². The van der Waals surface area contributed by atoms with E-state index in [1.165, 1.54) is 22.3 Å². The van der Waals surface area contributed by atoms with Gasteiger partial charge in [-0.25, -0.2) is 0 Å². The summed E-state index contributed by atoms with van der Waals surface area (Å²) in [6.07, 6.45) is 0.894. The number of ether oxygens (including phenoxy) is 1. The molecule has 1 aliphatic carbocycles. The van der Waals surface area contributed by atoms with Crippen molar-refractivity contribution < 1.29 is 9.57 Å². The lowest BCUT2D eigenvalue weighted by molar-refractivity contribution is 0.318. The topological polar surface area (TPSA) is 56.5 Å². The van der Waals surface area contributed by atoms with Gasteiger partial charge in [-0.3, -0.25) is 0 Å². The quantitative estimate of drug-likeness (QED) is 0.551. The van der Waals surface area contributed by atoms with Crippen molar-refractivity contribution in [2.75, 3.05) is 20.2 Å². The SMILES string of the molecule is CNCCOc1ccc2c(c1)Cc1cc(ON)ccc1-2. The molecule has 1 aliphatic rings. The lowest BCUT2D eigenvalue weighted by Gasteiger charge is -2.08. The lowest BCUT2D eigenvalue weighted by atomic mass is 10.1. The van der Waals surface area contributed by atoms with Crippen LogP contribution in [0.1, 0.15) is 11.1 Å². The zero-order chi connectivity index (χ0) is 13.9. The Labute approximate surface area is 118 Å². The predicted octanol–water partition coefficient (Wildman–Crippen LogP) is 2.11. The third kappa shape index (κ3) is 2.35. The van der Waals surface area contributed by atoms with Crippen molar-refractivity contribution in [1.29, 1.82) is 0 Å². The van der Waals surface area contributed by atoms with Crippen molar-refractivity contribution >= 4 is 0 Å². The molecule has 0 fully saturated rings. The van der Waals surface area contributed by atoms with Gasteiger partial charge in [-0.1, -0.05) is 12.1 Å². The number of benzene rings is 2. The van der Waals surface area contributed by atoms with Gasteiger partial charge >= 0.3 is 0 Å². The molecule has 3 N–H and O–H groups in total. The zero-order valence-electron chi connectivity index (χ0n) is 11.5. The van der Waals surface area contributed by atoms with Crippen LogP contribution in [0.3, 0.4) is 0 Å². The van der Waals surface area contributed by atoms with Crippen LogP contribution in [-0.4, -0.2) is 20.2 Å². The molecule has 0 unspecified atom stereocenters. The summed E-state index contributed by atoms with van der Waals surface area (Å²) in [7, 11) is 1.92. The third-order valence-electron chi connectivity index (χ3n) is 3.58. The molecule has 0 heterocycles. The van der Waals surface area contributed by atoms with Crippen molar-refractivity contribution in [1.82, 2.24) is 5.32 Å². The molecule has 0 amide bonds. The van der Waals surface area contributed by atoms with E-state index in [4.69, 9.17) is 15.5 Å². The first-order valence-corrected chi connectivity index (χ1v) is 6.72. The van der Waals surface area contributed by atoms with E-state index in [0.717, 1.165) is 18.7 Å². The largest absolute Gasteiger partial charge is 0.492 e. The van der Waals surface area contributed by atoms with Crippen LogP contribution in [0, 0.1) is 0 Å². The Morgan fingerprint density at radius 3 is 2.35 bits per heavy atom. The van der Waals surface area contributed by atoms with Gasteiger partial charge in [0.05, 0.1) is 0 Å². The summed E-state index contributed by atoms with van der Waals surface area (Å²) in [6, 6.07) is 12.2. The van der Waals surface area contributed by atoms with Crippen molar-refractivity contribution in [3.63, 3.8) is 0 Å². The molecule has 104 valence electrons. The maximum absolute atomic E-state index is 5.71. The number of rotatable bonds is 5. The van der Waals surface area contributed by atoms with E-state index in [9.17, 15) is 0 Å². The van der Waals surface area contributed by atoms with Crippen molar-refractivity contribution in [2.45, 2.75) is 6.42 Å². The Bertz CT molecular complexity index is 626. The third-order valence-corrected chi connectivity index (χ3v) is 3.58. The lowest BCUT2D eigenvalue weighted by Crippen LogP contribution is -2.15. The minimum atomic E-state index is 0.674. The number of nitrogens with two attached hydrogens (primary N) is 1. The maximum atomic E-state index is 5.71. The highest BCUT2D eigenvalue weighted by atomic mass is 16.6. The molecule has 0 bridgehead atoms. The van der Waals surface area contributed by atoms with E-state index < -0.39 is 0 Å². The standard InChI is InChI=1S/C16H18N2O2/c1-18-6-7-19-13-2-4-15-11(9-13)8-12-10-14(20-17)3-5-16(12)15/h2-5,9-10,18H,6-8,17H2,1H3. The summed E-state index contributed by atoms with van der Waals surface area (Å²) in [5, 5.41) is 3.07. The first-order valence-electron chi connectivity index (χ1n) is 6.72. The van der Waals surface area contributed by atoms with Gasteiger partial charge in [-0.2, -0.15) is 5.90 Å². The number of hydrogen-bond donors (Lipinski definition) is 2. The molecule has 3 rings (SSSR count). The number of likely N-dealkylation sites (N-methyl/N-ethyl adjacent to an activating group) is 1. The molecule has 0 atom stereocenters. The highest BCUT2D eigenvalue weighted by molar-refractivity contribution is 5.78. The van der Waals surface area contributed by atoms with Crippen LogP contribution < -0.4 is 20.8 Å². The summed E-state index contributed by atoms with van der Waals surface area (Å²) >= 11 is 0. The van der Waals surface area contributed by atoms with Crippen LogP contribution in [-0.2, 0) is 6.42 Å². The maximum Gasteiger partial charge on any atom is 0.147 e. The number of hydrogen-bond acceptors (Lipinski definition) is 4. The van der Waals surface area contributed by atoms with Gasteiger partial charge in [0.2, 0.25) is 0 Å². The summed E-state index contributed by atoms with van der Waals surface area (Å²) in [5.74, 6) is 6.83. The van der Waals surface area contributed by atoms with Gasteiger partial charge in [0.25, 0.3) is 0 Å². The van der Waals surface area contributed by atoms with Crippen LogP contribution in [0.4, 0.5) is 0 Å². The molecule has 0 saturated heterocycles. The van der Waals surface area contributed by atoms with Crippen LogP contribution in [0.15, 0.2) is 36.4 Å². The smallest absolute Gasteiger partial charge is 0.147 e. The molecular formula is C16H18N2O2. The van der Waals surface area contributed by atoms with E-state index in [2.05, 4.69) is 23.5 Å². The minimum Gasteiger partial charge on any atom is -0.492 e. The fourth-order valence-electron chi connectivity index (χ4n) is 2.60. The average molecular weight is 270 g/mol. The van der Waals surface area contributed by atoms with Crippen molar-refractivity contribution in [3.05, 3.63) is 47.5 Å². The Morgan fingerprint density at radius 1 is 1.05 bits per heavy atom. The first-order chi connectivity index (χ1) is 9.81. The Balaban J connectivity index is 1.84. The molecule has 20 heavy (non-hydrogen) atoms. The van der Waals surface area contributed by atoms with E-state index in [0.29, 0.717) is 12.4 Å². The second-order valence-electron chi connectivity index (χ2n) is 4.88. The Hall–Kier alpha value is -2.04. The molecule has 2 aromatic rings. The van der Waals surface area contributed by atoms with Crippen LogP contribution in [0.25, 0.3) is 11.1 Å². The van der Waals surface area contributed by atoms with Crippen molar-refractivity contribution in [2.24, 2.45) is 5.90 Å². The summed E-state index contributed by atoms with van der Waals surface area (Å²) < 4.78 is 5.71. The van der Waals surface area contributed by atoms with Gasteiger partial charge in [0.1, 0.15) is 18.1 Å². The van der Waals surface area contributed by atoms with Crippen LogP contribution in [0.5, 0.6) is 11.5 Å². The predicted molar refractivity (Wildman–Crippen MR) is 78.9 cm³/mol. The fourth-order valence-corrected chi connectivity index (χ4v) is 2.60. The summed E-state index contributed by atoms with van der Waals surface area (Å²) in [5.41, 5.74) is 5.05. The van der Waals surface area contributed by atoms with Gasteiger partial charge < -0.3 is 14.9 Å². The average Bonchev–Trinajstić information content (AvgIpc) is 2.84. The van der Waals surface area contributed by atoms with Crippen molar-refractivity contribution in [3.8, 4) is 22.6 Å². The molecule has 0 aliphatic heterocycles. The van der Waals surface area contributed by atoms with E-state index in [1.54, 1.807) is 0 Å². The Morgan fingerprint density at radius 2 is 1.70 bits per heavy atom. The molecule has 4 heteroatoms. The number of fused-ring (bicyclic) bond motifs is 3. The van der Waals surface area contributed by atoms with E-state index in [1.807, 2.05) is 25.2 Å². The van der Waals surface area contributed by atoms with Gasteiger partial charge in [0.15, 0.2) is 0 Å². The normalized spacial score (nSPS) is 11.9. The van der Waals surface area contributed by atoms with Gasteiger partial charge in [0, 0.05) is 6.54 Å². The minimum absolute atomic E-state index is 0.674. The van der Waals surface area contributed by atoms with E-state index >= 15 is 0 Å². The molecule has 0 spiro atoms. The monoisotopic (exact) mass is 270 g/mol. The highest BCUT2D eigenvalue weighted by Gasteiger charge is 2.19. The van der Waals surface area contributed by atoms with Crippen LogP contribution in [0.2, 0.25) is 0 Å². The summed E-state index contributed by atoms with van der Waals surface area (Å²) in [4.78, 5) is 4.80. The number of nitrogens with one attached hydrogen (secondary N) is 1. The molecule has 0 saturated carbocycles. The van der Waals surface area contributed by atoms with Gasteiger partial charge in [-0.05, 0) is 60.0 Å². The Kier molecular flexibility index (Phi) is 3.58. The second kappa shape index (κ2) is 5.53. The zero-order valence-corrected chi connectivity index (χ0v) is 11.5. The van der Waals surface area contributed by atoms with Crippen LogP contribution >= 0.6 is 0 Å². The molecular weight excluding hydrogens is 252 g/mol. The van der Waals surface area contributed by atoms with E-state index in [-0.39, 0.29) is 0 Å². The molecule has 4 nitrogen and oxygen atoms in total. The molecule has 0 radical (unpaired) electrons. The first kappa shape index (κ1) is 13.0. The highest BCUT2D eigenvalue weighted by Crippen LogP contribution is 2.39.